The molecule has 0 fully saturated rings. The highest BCUT2D eigenvalue weighted by atomic mass is 79.9. The smallest absolute Gasteiger partial charge is 0.140 e. The number of halogens is 2. The fourth-order valence-electron chi connectivity index (χ4n) is 0.525. The normalized spacial score (nSPS) is 13.5. The number of hydroxylamine groups is 1. The molecule has 0 spiro atoms. The molecule has 1 aromatic heterocycles. The van der Waals surface area contributed by atoms with Crippen LogP contribution in [0.3, 0.4) is 0 Å². The number of nitrogens with one attached hydrogen (secondary N) is 1. The Morgan fingerprint density at radius 3 is 2.90 bits per heavy atom. The standard InChI is InChI=1S/C5H5BrClNOS/c6-3-1-4(10-2-3)5(7)8-9/h1-2,5,8-9H. The average Bonchev–Trinajstić information content (AvgIpc) is 2.34. The maximum absolute atomic E-state index is 8.41. The molecule has 10 heavy (non-hydrogen) atoms. The zero-order valence-corrected chi connectivity index (χ0v) is 8.00. The van der Waals surface area contributed by atoms with Crippen LogP contribution in [0.15, 0.2) is 15.9 Å². The third-order valence-corrected chi connectivity index (χ3v) is 3.17. The van der Waals surface area contributed by atoms with Crippen LogP contribution < -0.4 is 5.48 Å². The molecule has 1 aromatic rings. The van der Waals surface area contributed by atoms with Gasteiger partial charge in [-0.2, -0.15) is 5.48 Å². The topological polar surface area (TPSA) is 32.3 Å². The lowest BCUT2D eigenvalue weighted by Crippen LogP contribution is -2.08. The van der Waals surface area contributed by atoms with E-state index in [-0.39, 0.29) is 0 Å². The van der Waals surface area contributed by atoms with Gasteiger partial charge in [0.05, 0.1) is 0 Å². The van der Waals surface area contributed by atoms with E-state index in [9.17, 15) is 0 Å². The van der Waals surface area contributed by atoms with Crippen LogP contribution >= 0.6 is 38.9 Å². The first-order valence-electron chi connectivity index (χ1n) is 2.51. The lowest BCUT2D eigenvalue weighted by atomic mass is 10.5. The van der Waals surface area contributed by atoms with E-state index in [1.165, 1.54) is 11.3 Å². The molecule has 56 valence electrons. The highest BCUT2D eigenvalue weighted by molar-refractivity contribution is 9.10. The Balaban J connectivity index is 2.74. The van der Waals surface area contributed by atoms with E-state index in [0.29, 0.717) is 0 Å². The molecule has 0 aliphatic heterocycles. The van der Waals surface area contributed by atoms with E-state index in [1.54, 1.807) is 0 Å². The second kappa shape index (κ2) is 3.69. The predicted molar refractivity (Wildman–Crippen MR) is 45.5 cm³/mol. The highest BCUT2D eigenvalue weighted by Gasteiger charge is 2.07. The Bertz CT molecular complexity index is 217. The minimum absolute atomic E-state index is 0.503. The van der Waals surface area contributed by atoms with E-state index in [0.717, 1.165) is 9.35 Å². The summed E-state index contributed by atoms with van der Waals surface area (Å²) in [4.78, 5) is 0.885. The first-order valence-corrected chi connectivity index (χ1v) is 4.62. The third kappa shape index (κ3) is 1.93. The van der Waals surface area contributed by atoms with Crippen molar-refractivity contribution in [2.45, 2.75) is 5.50 Å². The van der Waals surface area contributed by atoms with Crippen molar-refractivity contribution in [3.63, 3.8) is 0 Å². The molecule has 1 unspecified atom stereocenters. The maximum atomic E-state index is 8.41. The average molecular weight is 243 g/mol. The SMILES string of the molecule is ONC(Cl)c1cc(Br)cs1. The van der Waals surface area contributed by atoms with Crippen molar-refractivity contribution < 1.29 is 5.21 Å². The van der Waals surface area contributed by atoms with Crippen LogP contribution in [0.1, 0.15) is 10.4 Å². The van der Waals surface area contributed by atoms with Crippen molar-refractivity contribution in [2.75, 3.05) is 0 Å². The van der Waals surface area contributed by atoms with Gasteiger partial charge < -0.3 is 5.21 Å². The first kappa shape index (κ1) is 8.49. The number of alkyl halides is 1. The van der Waals surface area contributed by atoms with Gasteiger partial charge in [0.2, 0.25) is 0 Å². The summed E-state index contributed by atoms with van der Waals surface area (Å²) in [7, 11) is 0. The van der Waals surface area contributed by atoms with E-state index >= 15 is 0 Å². The molecule has 0 radical (unpaired) electrons. The Morgan fingerprint density at radius 1 is 1.80 bits per heavy atom. The second-order valence-electron chi connectivity index (χ2n) is 1.66. The molecule has 0 bridgehead atoms. The molecular formula is C5H5BrClNOS. The summed E-state index contributed by atoms with van der Waals surface area (Å²) < 4.78 is 0.980. The molecule has 1 rings (SSSR count). The minimum Gasteiger partial charge on any atom is -0.315 e. The molecule has 2 nitrogen and oxygen atoms in total. The molecule has 0 aliphatic carbocycles. The van der Waals surface area contributed by atoms with Gasteiger partial charge in [-0.1, -0.05) is 11.6 Å². The van der Waals surface area contributed by atoms with Crippen molar-refractivity contribution >= 4 is 38.9 Å². The fraction of sp³-hybridized carbons (Fsp3) is 0.200. The Kier molecular flexibility index (Phi) is 3.13. The van der Waals surface area contributed by atoms with E-state index < -0.39 is 5.50 Å². The second-order valence-corrected chi connectivity index (χ2v) is 3.95. The quantitative estimate of drug-likeness (QED) is 0.475. The van der Waals surface area contributed by atoms with Crippen LogP contribution in [-0.4, -0.2) is 5.21 Å². The van der Waals surface area contributed by atoms with Crippen LogP contribution in [-0.2, 0) is 0 Å². The molecule has 5 heteroatoms. The van der Waals surface area contributed by atoms with Gasteiger partial charge in [0.1, 0.15) is 5.50 Å². The van der Waals surface area contributed by atoms with Crippen LogP contribution in [0.5, 0.6) is 0 Å². The summed E-state index contributed by atoms with van der Waals surface area (Å²) in [6, 6.07) is 1.85. The molecule has 0 aromatic carbocycles. The van der Waals surface area contributed by atoms with Gasteiger partial charge >= 0.3 is 0 Å². The van der Waals surface area contributed by atoms with Crippen LogP contribution in [0.25, 0.3) is 0 Å². The maximum Gasteiger partial charge on any atom is 0.140 e. The first-order chi connectivity index (χ1) is 4.74. The van der Waals surface area contributed by atoms with Crippen molar-refractivity contribution in [1.29, 1.82) is 0 Å². The number of hydrogen-bond donors (Lipinski definition) is 2. The molecule has 0 aliphatic rings. The molecular weight excluding hydrogens is 237 g/mol. The summed E-state index contributed by atoms with van der Waals surface area (Å²) in [5.41, 5.74) is 1.45. The van der Waals surface area contributed by atoms with Crippen molar-refractivity contribution in [2.24, 2.45) is 0 Å². The predicted octanol–water partition coefficient (Wildman–Crippen LogP) is 2.73. The van der Waals surface area contributed by atoms with Crippen molar-refractivity contribution in [3.05, 3.63) is 20.8 Å². The van der Waals surface area contributed by atoms with Crippen LogP contribution in [0.2, 0.25) is 0 Å². The van der Waals surface area contributed by atoms with Crippen LogP contribution in [0.4, 0.5) is 0 Å². The van der Waals surface area contributed by atoms with Crippen molar-refractivity contribution in [1.82, 2.24) is 5.48 Å². The summed E-state index contributed by atoms with van der Waals surface area (Å²) in [6.07, 6.45) is 0. The Hall–Kier alpha value is 0.390. The Morgan fingerprint density at radius 2 is 2.50 bits per heavy atom. The zero-order chi connectivity index (χ0) is 7.56. The van der Waals surface area contributed by atoms with Gasteiger partial charge in [0, 0.05) is 14.7 Å². The molecule has 1 atom stereocenters. The number of rotatable bonds is 2. The lowest BCUT2D eigenvalue weighted by Gasteiger charge is -2.00. The van der Waals surface area contributed by atoms with Gasteiger partial charge in [-0.3, -0.25) is 0 Å². The number of hydrogen-bond acceptors (Lipinski definition) is 3. The van der Waals surface area contributed by atoms with E-state index in [4.69, 9.17) is 16.8 Å². The van der Waals surface area contributed by atoms with Gasteiger partial charge in [0.15, 0.2) is 0 Å². The molecule has 0 saturated heterocycles. The summed E-state index contributed by atoms with van der Waals surface area (Å²) in [5, 5.41) is 10.3. The molecule has 0 amide bonds. The highest BCUT2D eigenvalue weighted by Crippen LogP contribution is 2.27. The molecule has 0 saturated carbocycles. The number of thiophene rings is 1. The van der Waals surface area contributed by atoms with Crippen LogP contribution in [0, 0.1) is 0 Å². The third-order valence-electron chi connectivity index (χ3n) is 0.951. The van der Waals surface area contributed by atoms with Gasteiger partial charge in [0.25, 0.3) is 0 Å². The van der Waals surface area contributed by atoms with Gasteiger partial charge in [-0.05, 0) is 22.0 Å². The monoisotopic (exact) mass is 241 g/mol. The van der Waals surface area contributed by atoms with Crippen molar-refractivity contribution in [3.8, 4) is 0 Å². The largest absolute Gasteiger partial charge is 0.315 e. The Labute approximate surface area is 75.9 Å². The molecule has 1 heterocycles. The zero-order valence-electron chi connectivity index (χ0n) is 4.84. The lowest BCUT2D eigenvalue weighted by molar-refractivity contribution is 0.156. The molecule has 2 N–H and O–H groups in total. The van der Waals surface area contributed by atoms with E-state index in [1.807, 2.05) is 16.9 Å². The van der Waals surface area contributed by atoms with E-state index in [2.05, 4.69) is 15.9 Å². The minimum atomic E-state index is -0.503. The fourth-order valence-corrected chi connectivity index (χ4v) is 2.10. The van der Waals surface area contributed by atoms with Gasteiger partial charge in [-0.25, -0.2) is 0 Å². The summed E-state index contributed by atoms with van der Waals surface area (Å²) >= 11 is 10.4. The summed E-state index contributed by atoms with van der Waals surface area (Å²) in [6.45, 7) is 0. The summed E-state index contributed by atoms with van der Waals surface area (Å²) in [5.74, 6) is 0. The van der Waals surface area contributed by atoms with Gasteiger partial charge in [-0.15, -0.1) is 11.3 Å².